The van der Waals surface area contributed by atoms with Gasteiger partial charge in [0.2, 0.25) is 11.8 Å². The van der Waals surface area contributed by atoms with Gasteiger partial charge < -0.3 is 20.1 Å². The highest BCUT2D eigenvalue weighted by molar-refractivity contribution is 8.00. The minimum Gasteiger partial charge on any atom is -0.494 e. The number of nitro benzene ring substituents is 1. The molecule has 1 fully saturated rings. The number of anilines is 1. The van der Waals surface area contributed by atoms with E-state index in [1.807, 2.05) is 0 Å². The highest BCUT2D eigenvalue weighted by Crippen LogP contribution is 2.30. The molecule has 2 atom stereocenters. The fourth-order valence-electron chi connectivity index (χ4n) is 2.38. The maximum Gasteiger partial charge on any atom is 0.329 e. The standard InChI is InChI=1S/C16H19N3O7S/c1-3-26-16(22)11-8-27-13(15(21)18-11)7-14(20)17-10-5-4-9(19(23)24)6-12(10)25-2/h4-6,11,13H,3,7-8H2,1-2H3,(H,17,20)(H,18,21). The summed E-state index contributed by atoms with van der Waals surface area (Å²) in [5.74, 6) is -0.930. The van der Waals surface area contributed by atoms with E-state index in [0.717, 1.165) is 0 Å². The van der Waals surface area contributed by atoms with Gasteiger partial charge in [0.05, 0.1) is 35.6 Å². The number of esters is 1. The predicted octanol–water partition coefficient (Wildman–Crippen LogP) is 1.10. The van der Waals surface area contributed by atoms with Crippen molar-refractivity contribution in [1.29, 1.82) is 0 Å². The van der Waals surface area contributed by atoms with Crippen molar-refractivity contribution in [3.8, 4) is 5.75 Å². The third-order valence-corrected chi connectivity index (χ3v) is 4.99. The van der Waals surface area contributed by atoms with Gasteiger partial charge in [-0.2, -0.15) is 0 Å². The molecule has 0 saturated carbocycles. The number of carbonyl (C=O) groups excluding carboxylic acids is 3. The van der Waals surface area contributed by atoms with Crippen LogP contribution in [0.2, 0.25) is 0 Å². The maximum atomic E-state index is 12.2. The second-order valence-corrected chi connectivity index (χ2v) is 6.76. The Morgan fingerprint density at radius 3 is 2.78 bits per heavy atom. The predicted molar refractivity (Wildman–Crippen MR) is 97.7 cm³/mol. The highest BCUT2D eigenvalue weighted by Gasteiger charge is 2.34. The smallest absolute Gasteiger partial charge is 0.329 e. The Morgan fingerprint density at radius 1 is 1.44 bits per heavy atom. The summed E-state index contributed by atoms with van der Waals surface area (Å²) >= 11 is 1.19. The largest absolute Gasteiger partial charge is 0.494 e. The first-order valence-corrected chi connectivity index (χ1v) is 9.11. The molecule has 2 unspecified atom stereocenters. The van der Waals surface area contributed by atoms with Crippen molar-refractivity contribution < 1.29 is 28.8 Å². The van der Waals surface area contributed by atoms with Gasteiger partial charge in [0.25, 0.3) is 5.69 Å². The van der Waals surface area contributed by atoms with Gasteiger partial charge in [0.15, 0.2) is 0 Å². The number of ether oxygens (including phenoxy) is 2. The lowest BCUT2D eigenvalue weighted by atomic mass is 10.2. The SMILES string of the molecule is CCOC(=O)C1CSC(CC(=O)Nc2ccc([N+](=O)[O-])cc2OC)C(=O)N1. The van der Waals surface area contributed by atoms with Gasteiger partial charge in [0.1, 0.15) is 11.8 Å². The molecule has 2 amide bonds. The first-order chi connectivity index (χ1) is 12.8. The number of thioether (sulfide) groups is 1. The number of amides is 2. The molecule has 1 heterocycles. The summed E-state index contributed by atoms with van der Waals surface area (Å²) in [6.07, 6.45) is -0.119. The van der Waals surface area contributed by atoms with Gasteiger partial charge in [-0.3, -0.25) is 19.7 Å². The van der Waals surface area contributed by atoms with Crippen molar-refractivity contribution in [2.24, 2.45) is 0 Å². The molecule has 1 aromatic carbocycles. The molecule has 1 saturated heterocycles. The van der Waals surface area contributed by atoms with E-state index in [4.69, 9.17) is 9.47 Å². The number of nitrogens with one attached hydrogen (secondary N) is 2. The number of rotatable bonds is 7. The number of methoxy groups -OCH3 is 1. The Balaban J connectivity index is 1.95. The average molecular weight is 397 g/mol. The normalized spacial score (nSPS) is 19.0. The number of carbonyl (C=O) groups is 3. The molecule has 10 nitrogen and oxygen atoms in total. The molecule has 2 rings (SSSR count). The number of benzene rings is 1. The molecule has 2 N–H and O–H groups in total. The third-order valence-electron chi connectivity index (χ3n) is 3.68. The number of hydrogen-bond acceptors (Lipinski definition) is 8. The first kappa shape index (κ1) is 20.5. The first-order valence-electron chi connectivity index (χ1n) is 8.06. The van der Waals surface area contributed by atoms with Crippen molar-refractivity contribution in [3.05, 3.63) is 28.3 Å². The van der Waals surface area contributed by atoms with E-state index in [9.17, 15) is 24.5 Å². The van der Waals surface area contributed by atoms with Gasteiger partial charge >= 0.3 is 5.97 Å². The lowest BCUT2D eigenvalue weighted by Crippen LogP contribution is -2.51. The van der Waals surface area contributed by atoms with Gasteiger partial charge in [-0.15, -0.1) is 11.8 Å². The van der Waals surface area contributed by atoms with Gasteiger partial charge in [-0.05, 0) is 13.0 Å². The zero-order valence-electron chi connectivity index (χ0n) is 14.7. The molecule has 27 heavy (non-hydrogen) atoms. The highest BCUT2D eigenvalue weighted by atomic mass is 32.2. The van der Waals surface area contributed by atoms with E-state index >= 15 is 0 Å². The van der Waals surface area contributed by atoms with E-state index in [2.05, 4.69) is 10.6 Å². The monoisotopic (exact) mass is 397 g/mol. The number of nitro groups is 1. The Bertz CT molecular complexity index is 756. The molecule has 0 spiro atoms. The van der Waals surface area contributed by atoms with Crippen LogP contribution in [0.3, 0.4) is 0 Å². The summed E-state index contributed by atoms with van der Waals surface area (Å²) in [6, 6.07) is 3.07. The van der Waals surface area contributed by atoms with Gasteiger partial charge in [0, 0.05) is 18.2 Å². The minimum atomic E-state index is -0.725. The fraction of sp³-hybridized carbons (Fsp3) is 0.438. The molecular formula is C16H19N3O7S. The quantitative estimate of drug-likeness (QED) is 0.396. The van der Waals surface area contributed by atoms with Crippen LogP contribution in [-0.4, -0.2) is 53.5 Å². The lowest BCUT2D eigenvalue weighted by Gasteiger charge is -2.27. The maximum absolute atomic E-state index is 12.2. The summed E-state index contributed by atoms with van der Waals surface area (Å²) in [5, 5.41) is 15.3. The molecule has 0 aliphatic carbocycles. The number of nitrogens with zero attached hydrogens (tertiary/aromatic N) is 1. The van der Waals surface area contributed by atoms with Gasteiger partial charge in [-0.1, -0.05) is 0 Å². The molecule has 11 heteroatoms. The summed E-state index contributed by atoms with van der Waals surface area (Å²) in [6.45, 7) is 1.90. The van der Waals surface area contributed by atoms with E-state index in [-0.39, 0.29) is 30.2 Å². The van der Waals surface area contributed by atoms with Crippen LogP contribution in [0.25, 0.3) is 0 Å². The van der Waals surface area contributed by atoms with Crippen LogP contribution in [0.5, 0.6) is 5.75 Å². The summed E-state index contributed by atoms with van der Waals surface area (Å²) in [7, 11) is 1.33. The van der Waals surface area contributed by atoms with Crippen LogP contribution in [0.15, 0.2) is 18.2 Å². The van der Waals surface area contributed by atoms with Crippen LogP contribution >= 0.6 is 11.8 Å². The molecule has 1 aliphatic heterocycles. The van der Waals surface area contributed by atoms with E-state index in [0.29, 0.717) is 5.75 Å². The van der Waals surface area contributed by atoms with Crippen molar-refractivity contribution in [2.75, 3.05) is 24.8 Å². The summed E-state index contributed by atoms with van der Waals surface area (Å²) in [4.78, 5) is 46.3. The average Bonchev–Trinajstić information content (AvgIpc) is 2.63. The minimum absolute atomic E-state index is 0.119. The van der Waals surface area contributed by atoms with Crippen molar-refractivity contribution in [2.45, 2.75) is 24.6 Å². The van der Waals surface area contributed by atoms with E-state index in [1.165, 1.54) is 37.1 Å². The number of hydrogen-bond donors (Lipinski definition) is 2. The molecule has 146 valence electrons. The second kappa shape index (κ2) is 9.21. The number of non-ortho nitro benzene ring substituents is 1. The Hall–Kier alpha value is -2.82. The molecule has 1 aromatic rings. The van der Waals surface area contributed by atoms with Crippen LogP contribution in [0.4, 0.5) is 11.4 Å². The van der Waals surface area contributed by atoms with Crippen molar-refractivity contribution >= 4 is 40.9 Å². The summed E-state index contributed by atoms with van der Waals surface area (Å²) < 4.78 is 9.93. The topological polar surface area (TPSA) is 137 Å². The van der Waals surface area contributed by atoms with Crippen molar-refractivity contribution in [1.82, 2.24) is 5.32 Å². The molecule has 1 aliphatic rings. The van der Waals surface area contributed by atoms with Crippen LogP contribution in [0, 0.1) is 10.1 Å². The zero-order valence-corrected chi connectivity index (χ0v) is 15.5. The fourth-order valence-corrected chi connectivity index (χ4v) is 3.52. The van der Waals surface area contributed by atoms with E-state index < -0.39 is 34.0 Å². The van der Waals surface area contributed by atoms with Crippen LogP contribution < -0.4 is 15.4 Å². The molecule has 0 bridgehead atoms. The summed E-state index contributed by atoms with van der Waals surface area (Å²) in [5.41, 5.74) is 0.0933. The van der Waals surface area contributed by atoms with Crippen LogP contribution in [0.1, 0.15) is 13.3 Å². The van der Waals surface area contributed by atoms with Crippen LogP contribution in [-0.2, 0) is 19.1 Å². The Morgan fingerprint density at radius 2 is 2.19 bits per heavy atom. The lowest BCUT2D eigenvalue weighted by molar-refractivity contribution is -0.384. The Labute approximate surface area is 159 Å². The van der Waals surface area contributed by atoms with Crippen molar-refractivity contribution in [3.63, 3.8) is 0 Å². The molecule has 0 radical (unpaired) electrons. The molecular weight excluding hydrogens is 378 g/mol. The van der Waals surface area contributed by atoms with E-state index in [1.54, 1.807) is 6.92 Å². The third kappa shape index (κ3) is 5.33. The second-order valence-electron chi connectivity index (χ2n) is 5.53. The van der Waals surface area contributed by atoms with Gasteiger partial charge in [-0.25, -0.2) is 4.79 Å². The Kier molecular flexibility index (Phi) is 6.99. The zero-order chi connectivity index (χ0) is 20.0. The molecule has 0 aromatic heterocycles.